The Hall–Kier alpha value is -3.43. The SMILES string of the molecule is Cc1onc(C(=O)Nc2ncn(Cc3ccc(Cl)cc3Cl)n2)c1COc1ccccc1F. The fourth-order valence-corrected chi connectivity index (χ4v) is 3.33. The molecule has 0 radical (unpaired) electrons. The Balaban J connectivity index is 1.44. The van der Waals surface area contributed by atoms with Gasteiger partial charge >= 0.3 is 0 Å². The standard InChI is InChI=1S/C21H16Cl2FN5O3/c1-12-15(10-31-18-5-3-2-4-17(18)24)19(28-32-12)20(30)26-21-25-11-29(27-21)9-13-6-7-14(22)8-16(13)23/h2-8,11H,9-10H2,1H3,(H,26,27,30). The van der Waals surface area contributed by atoms with Crippen LogP contribution >= 0.6 is 23.2 Å². The fourth-order valence-electron chi connectivity index (χ4n) is 2.86. The van der Waals surface area contributed by atoms with E-state index in [1.165, 1.54) is 23.1 Å². The van der Waals surface area contributed by atoms with Gasteiger partial charge in [0.15, 0.2) is 17.3 Å². The molecule has 4 aromatic rings. The van der Waals surface area contributed by atoms with Crippen molar-refractivity contribution in [1.82, 2.24) is 19.9 Å². The Morgan fingerprint density at radius 2 is 2.06 bits per heavy atom. The van der Waals surface area contributed by atoms with E-state index >= 15 is 0 Å². The quantitative estimate of drug-likeness (QED) is 0.408. The van der Waals surface area contributed by atoms with Gasteiger partial charge in [0.05, 0.1) is 12.1 Å². The van der Waals surface area contributed by atoms with Gasteiger partial charge in [0.1, 0.15) is 18.7 Å². The number of aryl methyl sites for hydroxylation is 1. The molecule has 0 aliphatic rings. The lowest BCUT2D eigenvalue weighted by atomic mass is 10.2. The first-order valence-corrected chi connectivity index (χ1v) is 10.1. The van der Waals surface area contributed by atoms with Gasteiger partial charge in [-0.05, 0) is 36.8 Å². The van der Waals surface area contributed by atoms with E-state index < -0.39 is 11.7 Å². The number of aromatic nitrogens is 4. The number of rotatable bonds is 7. The molecule has 2 aromatic heterocycles. The second-order valence-corrected chi connectivity index (χ2v) is 7.58. The topological polar surface area (TPSA) is 95.1 Å². The van der Waals surface area contributed by atoms with Gasteiger partial charge in [-0.1, -0.05) is 46.6 Å². The van der Waals surface area contributed by atoms with Crippen LogP contribution in [0.4, 0.5) is 10.3 Å². The summed E-state index contributed by atoms with van der Waals surface area (Å²) < 4.78 is 25.9. The minimum absolute atomic E-state index is 0.00376. The average molecular weight is 476 g/mol. The summed E-state index contributed by atoms with van der Waals surface area (Å²) in [5.74, 6) is -0.593. The van der Waals surface area contributed by atoms with Gasteiger partial charge in [-0.2, -0.15) is 0 Å². The Morgan fingerprint density at radius 1 is 1.25 bits per heavy atom. The molecule has 0 aliphatic heterocycles. The predicted octanol–water partition coefficient (Wildman–Crippen LogP) is 4.90. The van der Waals surface area contributed by atoms with Crippen molar-refractivity contribution in [3.8, 4) is 5.75 Å². The summed E-state index contributed by atoms with van der Waals surface area (Å²) in [6.07, 6.45) is 1.46. The van der Waals surface area contributed by atoms with E-state index in [9.17, 15) is 9.18 Å². The highest BCUT2D eigenvalue weighted by atomic mass is 35.5. The molecule has 0 spiro atoms. The van der Waals surface area contributed by atoms with Crippen LogP contribution in [0.1, 0.15) is 27.4 Å². The van der Waals surface area contributed by atoms with Gasteiger partial charge in [0, 0.05) is 10.0 Å². The smallest absolute Gasteiger partial charge is 0.280 e. The molecule has 164 valence electrons. The minimum atomic E-state index is -0.587. The van der Waals surface area contributed by atoms with Crippen LogP contribution in [-0.2, 0) is 13.2 Å². The largest absolute Gasteiger partial charge is 0.486 e. The normalized spacial score (nSPS) is 10.9. The third-order valence-corrected chi connectivity index (χ3v) is 5.10. The number of carbonyl (C=O) groups is 1. The maximum atomic E-state index is 13.8. The number of halogens is 3. The summed E-state index contributed by atoms with van der Waals surface area (Å²) in [4.78, 5) is 16.8. The van der Waals surface area contributed by atoms with Crippen molar-refractivity contribution >= 4 is 35.1 Å². The molecule has 0 saturated heterocycles. The van der Waals surface area contributed by atoms with Crippen molar-refractivity contribution in [3.05, 3.63) is 87.2 Å². The van der Waals surface area contributed by atoms with Gasteiger partial charge in [-0.15, -0.1) is 5.10 Å². The number of hydrogen-bond acceptors (Lipinski definition) is 6. The van der Waals surface area contributed by atoms with E-state index in [0.29, 0.717) is 27.9 Å². The fraction of sp³-hybridized carbons (Fsp3) is 0.143. The van der Waals surface area contributed by atoms with E-state index in [1.807, 2.05) is 0 Å². The van der Waals surface area contributed by atoms with Crippen molar-refractivity contribution in [2.24, 2.45) is 0 Å². The number of ether oxygens (including phenoxy) is 1. The second kappa shape index (κ2) is 9.37. The van der Waals surface area contributed by atoms with Gasteiger partial charge in [-0.3, -0.25) is 10.1 Å². The lowest BCUT2D eigenvalue weighted by Gasteiger charge is -2.07. The molecule has 0 unspecified atom stereocenters. The molecule has 1 amide bonds. The summed E-state index contributed by atoms with van der Waals surface area (Å²) in [7, 11) is 0. The van der Waals surface area contributed by atoms with Crippen LogP contribution in [0.3, 0.4) is 0 Å². The van der Waals surface area contributed by atoms with Crippen molar-refractivity contribution in [2.45, 2.75) is 20.1 Å². The number of hydrogen-bond donors (Lipinski definition) is 1. The first-order chi connectivity index (χ1) is 15.4. The van der Waals surface area contributed by atoms with Gasteiger partial charge < -0.3 is 9.26 Å². The summed E-state index contributed by atoms with van der Waals surface area (Å²) in [5.41, 5.74) is 1.17. The Kier molecular flexibility index (Phi) is 6.38. The Morgan fingerprint density at radius 3 is 2.84 bits per heavy atom. The molecule has 1 N–H and O–H groups in total. The lowest BCUT2D eigenvalue weighted by molar-refractivity contribution is 0.101. The first-order valence-electron chi connectivity index (χ1n) is 9.38. The van der Waals surface area contributed by atoms with Gasteiger partial charge in [0.25, 0.3) is 5.91 Å². The van der Waals surface area contributed by atoms with E-state index in [-0.39, 0.29) is 24.0 Å². The molecule has 8 nitrogen and oxygen atoms in total. The molecule has 2 heterocycles. The molecular formula is C21H16Cl2FN5O3. The summed E-state index contributed by atoms with van der Waals surface area (Å²) in [6.45, 7) is 1.87. The van der Waals surface area contributed by atoms with Crippen molar-refractivity contribution in [1.29, 1.82) is 0 Å². The zero-order valence-electron chi connectivity index (χ0n) is 16.7. The molecule has 0 aliphatic carbocycles. The number of nitrogens with one attached hydrogen (secondary N) is 1. The number of benzene rings is 2. The molecule has 4 rings (SSSR count). The molecule has 0 fully saturated rings. The number of amides is 1. The molecule has 11 heteroatoms. The maximum Gasteiger partial charge on any atom is 0.280 e. The van der Waals surface area contributed by atoms with E-state index in [4.69, 9.17) is 32.5 Å². The van der Waals surface area contributed by atoms with Crippen LogP contribution in [-0.4, -0.2) is 25.8 Å². The first kappa shape index (κ1) is 21.8. The summed E-state index contributed by atoms with van der Waals surface area (Å²) in [5, 5.41) is 11.6. The maximum absolute atomic E-state index is 13.8. The average Bonchev–Trinajstić information content (AvgIpc) is 3.35. The van der Waals surface area contributed by atoms with Crippen LogP contribution in [0.2, 0.25) is 10.0 Å². The monoisotopic (exact) mass is 475 g/mol. The highest BCUT2D eigenvalue weighted by Crippen LogP contribution is 2.22. The highest BCUT2D eigenvalue weighted by molar-refractivity contribution is 6.35. The van der Waals surface area contributed by atoms with Gasteiger partial charge in [0.2, 0.25) is 5.95 Å². The van der Waals surface area contributed by atoms with Crippen LogP contribution in [0.25, 0.3) is 0 Å². The van der Waals surface area contributed by atoms with Crippen LogP contribution < -0.4 is 10.1 Å². The van der Waals surface area contributed by atoms with E-state index in [0.717, 1.165) is 5.56 Å². The highest BCUT2D eigenvalue weighted by Gasteiger charge is 2.22. The Bertz CT molecular complexity index is 1270. The van der Waals surface area contributed by atoms with Crippen molar-refractivity contribution < 1.29 is 18.4 Å². The molecule has 0 atom stereocenters. The second-order valence-electron chi connectivity index (χ2n) is 6.74. The molecule has 32 heavy (non-hydrogen) atoms. The zero-order chi connectivity index (χ0) is 22.7. The molecule has 0 bridgehead atoms. The summed E-state index contributed by atoms with van der Waals surface area (Å²) >= 11 is 12.1. The number of para-hydroxylation sites is 1. The van der Waals surface area contributed by atoms with Crippen LogP contribution in [0, 0.1) is 12.7 Å². The van der Waals surface area contributed by atoms with Crippen LogP contribution in [0.5, 0.6) is 5.75 Å². The van der Waals surface area contributed by atoms with Crippen LogP contribution in [0.15, 0.2) is 53.3 Å². The third kappa shape index (κ3) is 4.90. The lowest BCUT2D eigenvalue weighted by Crippen LogP contribution is -2.16. The summed E-state index contributed by atoms with van der Waals surface area (Å²) in [6, 6.07) is 11.1. The number of nitrogens with zero attached hydrogens (tertiary/aromatic N) is 4. The number of anilines is 1. The predicted molar refractivity (Wildman–Crippen MR) is 116 cm³/mol. The van der Waals surface area contributed by atoms with E-state index in [2.05, 4.69) is 20.6 Å². The van der Waals surface area contributed by atoms with E-state index in [1.54, 1.807) is 37.3 Å². The zero-order valence-corrected chi connectivity index (χ0v) is 18.2. The van der Waals surface area contributed by atoms with Crippen molar-refractivity contribution in [3.63, 3.8) is 0 Å². The van der Waals surface area contributed by atoms with Gasteiger partial charge in [-0.25, -0.2) is 14.1 Å². The number of carbonyl (C=O) groups excluding carboxylic acids is 1. The third-order valence-electron chi connectivity index (χ3n) is 4.52. The molecular weight excluding hydrogens is 460 g/mol. The molecule has 2 aromatic carbocycles. The molecule has 0 saturated carbocycles. The van der Waals surface area contributed by atoms with Crippen molar-refractivity contribution in [2.75, 3.05) is 5.32 Å². The Labute approximate surface area is 191 Å². The minimum Gasteiger partial charge on any atom is -0.486 e.